The number of hydrogen-bond acceptors (Lipinski definition) is 2. The van der Waals surface area contributed by atoms with Crippen molar-refractivity contribution in [1.82, 2.24) is 0 Å². The number of alkyl halides is 2. The summed E-state index contributed by atoms with van der Waals surface area (Å²) in [5, 5.41) is 18.0. The molecule has 1 rings (SSSR count). The van der Waals surface area contributed by atoms with Crippen molar-refractivity contribution >= 4 is 17.6 Å². The summed E-state index contributed by atoms with van der Waals surface area (Å²) < 4.78 is 25.0. The second-order valence-corrected chi connectivity index (χ2v) is 3.32. The minimum Gasteiger partial charge on any atom is -0.479 e. The monoisotopic (exact) mass is 236 g/mol. The molecule has 0 saturated carbocycles. The Balaban J connectivity index is 3.28. The predicted molar refractivity (Wildman–Crippen MR) is 49.0 cm³/mol. The van der Waals surface area contributed by atoms with Crippen LogP contribution in [0.15, 0.2) is 24.3 Å². The van der Waals surface area contributed by atoms with Gasteiger partial charge in [-0.25, -0.2) is 13.6 Å². The molecule has 2 N–H and O–H groups in total. The molecule has 3 nitrogen and oxygen atoms in total. The zero-order valence-electron chi connectivity index (χ0n) is 7.32. The lowest BCUT2D eigenvalue weighted by atomic mass is 9.94. The van der Waals surface area contributed by atoms with Gasteiger partial charge in [-0.2, -0.15) is 0 Å². The Morgan fingerprint density at radius 2 is 2.07 bits per heavy atom. The highest BCUT2D eigenvalue weighted by Gasteiger charge is 2.47. The fourth-order valence-electron chi connectivity index (χ4n) is 1.07. The number of benzene rings is 1. The van der Waals surface area contributed by atoms with E-state index in [1.807, 2.05) is 0 Å². The fourth-order valence-corrected chi connectivity index (χ4v) is 1.26. The molecule has 0 aliphatic carbocycles. The highest BCUT2D eigenvalue weighted by Crippen LogP contribution is 2.30. The molecule has 0 aromatic heterocycles. The normalized spacial score (nSPS) is 15.0. The zero-order valence-corrected chi connectivity index (χ0v) is 8.08. The molecule has 15 heavy (non-hydrogen) atoms. The van der Waals surface area contributed by atoms with Gasteiger partial charge in [0, 0.05) is 10.6 Å². The van der Waals surface area contributed by atoms with Crippen LogP contribution in [0.2, 0.25) is 5.02 Å². The van der Waals surface area contributed by atoms with Crippen LogP contribution in [0.1, 0.15) is 5.56 Å². The Labute approximate surface area is 88.9 Å². The van der Waals surface area contributed by atoms with Crippen molar-refractivity contribution < 1.29 is 23.8 Å². The highest BCUT2D eigenvalue weighted by atomic mass is 35.5. The van der Waals surface area contributed by atoms with E-state index in [9.17, 15) is 18.7 Å². The van der Waals surface area contributed by atoms with E-state index in [0.717, 1.165) is 12.1 Å². The van der Waals surface area contributed by atoms with E-state index in [4.69, 9.17) is 16.7 Å². The van der Waals surface area contributed by atoms with E-state index in [2.05, 4.69) is 0 Å². The third-order valence-corrected chi connectivity index (χ3v) is 2.14. The van der Waals surface area contributed by atoms with Gasteiger partial charge in [0.2, 0.25) is 5.60 Å². The van der Waals surface area contributed by atoms with Crippen LogP contribution >= 0.6 is 11.6 Å². The molecule has 1 atom stereocenters. The number of carboxylic acid groups (broad SMARTS) is 1. The van der Waals surface area contributed by atoms with Crippen molar-refractivity contribution in [2.24, 2.45) is 0 Å². The SMILES string of the molecule is O=C(O)C(O)(c1cccc(Cl)c1)C(F)F. The van der Waals surface area contributed by atoms with Crippen LogP contribution in [0.4, 0.5) is 8.78 Å². The standard InChI is InChI=1S/C9H7ClF2O3/c10-6-3-1-2-5(4-6)9(15,7(11)12)8(13)14/h1-4,7,15H,(H,13,14). The number of carboxylic acids is 1. The molecular weight excluding hydrogens is 230 g/mol. The fraction of sp³-hybridized carbons (Fsp3) is 0.222. The van der Waals surface area contributed by atoms with Crippen molar-refractivity contribution in [2.45, 2.75) is 12.0 Å². The molecule has 82 valence electrons. The summed E-state index contributed by atoms with van der Waals surface area (Å²) in [6, 6.07) is 4.74. The number of hydrogen-bond donors (Lipinski definition) is 2. The lowest BCUT2D eigenvalue weighted by Gasteiger charge is -2.22. The molecule has 0 heterocycles. The van der Waals surface area contributed by atoms with Crippen LogP contribution in [0, 0.1) is 0 Å². The molecule has 1 aromatic carbocycles. The summed E-state index contributed by atoms with van der Waals surface area (Å²) in [7, 11) is 0. The minimum absolute atomic E-state index is 0.0767. The van der Waals surface area contributed by atoms with Gasteiger partial charge in [-0.1, -0.05) is 23.7 Å². The largest absolute Gasteiger partial charge is 0.479 e. The quantitative estimate of drug-likeness (QED) is 0.843. The molecule has 6 heteroatoms. The lowest BCUT2D eigenvalue weighted by Crippen LogP contribution is -2.42. The van der Waals surface area contributed by atoms with Crippen molar-refractivity contribution in [2.75, 3.05) is 0 Å². The van der Waals surface area contributed by atoms with Crippen molar-refractivity contribution in [1.29, 1.82) is 0 Å². The van der Waals surface area contributed by atoms with Gasteiger partial charge in [-0.3, -0.25) is 0 Å². The van der Waals surface area contributed by atoms with E-state index < -0.39 is 23.6 Å². The summed E-state index contributed by atoms with van der Waals surface area (Å²) in [5.74, 6) is -2.01. The molecule has 0 spiro atoms. The smallest absolute Gasteiger partial charge is 0.346 e. The Morgan fingerprint density at radius 1 is 1.47 bits per heavy atom. The molecule has 0 radical (unpaired) electrons. The molecule has 1 aromatic rings. The Kier molecular flexibility index (Phi) is 3.26. The summed E-state index contributed by atoms with van der Waals surface area (Å²) >= 11 is 5.51. The average Bonchev–Trinajstić information content (AvgIpc) is 2.15. The first-order valence-corrected chi connectivity index (χ1v) is 4.26. The van der Waals surface area contributed by atoms with Gasteiger partial charge < -0.3 is 10.2 Å². The minimum atomic E-state index is -3.44. The highest BCUT2D eigenvalue weighted by molar-refractivity contribution is 6.30. The number of aliphatic carboxylic acids is 1. The molecule has 0 fully saturated rings. The van der Waals surface area contributed by atoms with Gasteiger partial charge in [-0.15, -0.1) is 0 Å². The van der Waals surface area contributed by atoms with Crippen LogP contribution < -0.4 is 0 Å². The molecule has 1 unspecified atom stereocenters. The number of halogens is 3. The maximum absolute atomic E-state index is 12.5. The molecule has 0 amide bonds. The van der Waals surface area contributed by atoms with Gasteiger partial charge in [0.05, 0.1) is 0 Å². The average molecular weight is 237 g/mol. The molecular formula is C9H7ClF2O3. The summed E-state index contributed by atoms with van der Waals surface area (Å²) in [4.78, 5) is 10.6. The number of carbonyl (C=O) groups is 1. The first kappa shape index (κ1) is 11.9. The zero-order chi connectivity index (χ0) is 11.6. The van der Waals surface area contributed by atoms with Crippen molar-refractivity contribution in [3.63, 3.8) is 0 Å². The second kappa shape index (κ2) is 4.12. The first-order valence-electron chi connectivity index (χ1n) is 3.89. The van der Waals surface area contributed by atoms with E-state index in [0.29, 0.717) is 0 Å². The lowest BCUT2D eigenvalue weighted by molar-refractivity contribution is -0.178. The van der Waals surface area contributed by atoms with Gasteiger partial charge in [0.15, 0.2) is 0 Å². The topological polar surface area (TPSA) is 57.5 Å². The van der Waals surface area contributed by atoms with E-state index >= 15 is 0 Å². The van der Waals surface area contributed by atoms with Crippen LogP contribution in [0.5, 0.6) is 0 Å². The maximum Gasteiger partial charge on any atom is 0.346 e. The van der Waals surface area contributed by atoms with Gasteiger partial charge in [0.25, 0.3) is 6.43 Å². The van der Waals surface area contributed by atoms with Crippen LogP contribution in [-0.4, -0.2) is 22.6 Å². The number of aliphatic hydroxyl groups is 1. The first-order chi connectivity index (χ1) is 6.89. The van der Waals surface area contributed by atoms with Crippen molar-refractivity contribution in [3.05, 3.63) is 34.9 Å². The molecule has 0 saturated heterocycles. The van der Waals surface area contributed by atoms with Crippen molar-refractivity contribution in [3.8, 4) is 0 Å². The summed E-state index contributed by atoms with van der Waals surface area (Å²) in [5.41, 5.74) is -3.66. The van der Waals surface area contributed by atoms with Crippen LogP contribution in [-0.2, 0) is 10.4 Å². The van der Waals surface area contributed by atoms with Gasteiger partial charge >= 0.3 is 5.97 Å². The number of rotatable bonds is 3. The second-order valence-electron chi connectivity index (χ2n) is 2.88. The van der Waals surface area contributed by atoms with E-state index in [1.165, 1.54) is 12.1 Å². The predicted octanol–water partition coefficient (Wildman–Crippen LogP) is 1.88. The third-order valence-electron chi connectivity index (χ3n) is 1.91. The Hall–Kier alpha value is -1.20. The van der Waals surface area contributed by atoms with Crippen LogP contribution in [0.3, 0.4) is 0 Å². The molecule has 0 bridgehead atoms. The Bertz CT molecular complexity index is 383. The molecule has 0 aliphatic rings. The summed E-state index contributed by atoms with van der Waals surface area (Å²) in [6.45, 7) is 0. The molecule has 0 aliphatic heterocycles. The van der Waals surface area contributed by atoms with E-state index in [-0.39, 0.29) is 5.02 Å². The maximum atomic E-state index is 12.5. The third kappa shape index (κ3) is 2.08. The van der Waals surface area contributed by atoms with Gasteiger partial charge in [0.1, 0.15) is 0 Å². The summed E-state index contributed by atoms with van der Waals surface area (Å²) in [6.07, 6.45) is -3.44. The van der Waals surface area contributed by atoms with E-state index in [1.54, 1.807) is 0 Å². The van der Waals surface area contributed by atoms with Gasteiger partial charge in [-0.05, 0) is 12.1 Å². The van der Waals surface area contributed by atoms with Crippen LogP contribution in [0.25, 0.3) is 0 Å². The Morgan fingerprint density at radius 3 is 2.47 bits per heavy atom.